The molecule has 6 aromatic rings. The Labute approximate surface area is 314 Å². The molecule has 1 saturated carbocycles. The van der Waals surface area contributed by atoms with E-state index in [1.165, 1.54) is 0 Å². The van der Waals surface area contributed by atoms with Crippen LogP contribution in [0.4, 0.5) is 39.8 Å². The molecule has 0 saturated heterocycles. The molecule has 1 fully saturated rings. The summed E-state index contributed by atoms with van der Waals surface area (Å²) >= 11 is 0. The van der Waals surface area contributed by atoms with Crippen molar-refractivity contribution in [2.24, 2.45) is 0 Å². The Bertz CT molecular complexity index is 2320. The molecule has 0 bridgehead atoms. The highest BCUT2D eigenvalue weighted by Gasteiger charge is 2.53. The van der Waals surface area contributed by atoms with Crippen molar-refractivity contribution in [2.75, 3.05) is 120 Å². The predicted molar refractivity (Wildman–Crippen MR) is 231 cm³/mol. The molecule has 0 spiro atoms. The zero-order valence-corrected chi connectivity index (χ0v) is 33.3. The third kappa shape index (κ3) is 5.27. The Kier molecular flexibility index (Phi) is 8.94. The monoisotopic (exact) mass is 713 g/mol. The second-order valence-electron chi connectivity index (χ2n) is 15.9. The van der Waals surface area contributed by atoms with Crippen LogP contribution < -0.4 is 35.1 Å². The van der Waals surface area contributed by atoms with Gasteiger partial charge >= 0.3 is 0 Å². The number of aliphatic hydroxyl groups is 2. The lowest BCUT2D eigenvalue weighted by molar-refractivity contribution is -0.0765. The molecule has 7 rings (SSSR count). The lowest BCUT2D eigenvalue weighted by atomic mass is 9.60. The third-order valence-electron chi connectivity index (χ3n) is 11.4. The Morgan fingerprint density at radius 3 is 1.11 bits per heavy atom. The standard InChI is InChI=1S/C44H55N7O2/c1-46(2)28-19-13-16-24-32(25-17-14-20-29(47(3)4)34(25)41(33(24)28)50(9)10)39-43(52)40(44(39)53)36-26-18-15-21-30(48(5)6)35(26)42(51(11)12)38-31(49(7)8)23-22-27(45)37(36)38/h13-23,39-40,43-44,52-53H,45H2,1-12H3. The van der Waals surface area contributed by atoms with Crippen molar-refractivity contribution < 1.29 is 10.2 Å². The summed E-state index contributed by atoms with van der Waals surface area (Å²) in [6, 6.07) is 23.2. The van der Waals surface area contributed by atoms with Crippen molar-refractivity contribution in [1.29, 1.82) is 0 Å². The molecule has 6 aromatic carbocycles. The second kappa shape index (κ2) is 13.1. The van der Waals surface area contributed by atoms with Crippen molar-refractivity contribution in [1.82, 2.24) is 0 Å². The van der Waals surface area contributed by atoms with Crippen molar-refractivity contribution in [3.63, 3.8) is 0 Å². The third-order valence-corrected chi connectivity index (χ3v) is 11.4. The van der Waals surface area contributed by atoms with Gasteiger partial charge in [-0.05, 0) is 57.6 Å². The number of rotatable bonds is 8. The molecule has 0 radical (unpaired) electrons. The van der Waals surface area contributed by atoms with Crippen LogP contribution in [0.3, 0.4) is 0 Å². The average Bonchev–Trinajstić information content (AvgIpc) is 3.10. The van der Waals surface area contributed by atoms with Gasteiger partial charge in [-0.3, -0.25) is 0 Å². The van der Waals surface area contributed by atoms with Crippen LogP contribution in [0, 0.1) is 0 Å². The Morgan fingerprint density at radius 1 is 0.396 bits per heavy atom. The highest BCUT2D eigenvalue weighted by Crippen LogP contribution is 2.59. The molecule has 0 aromatic heterocycles. The fourth-order valence-corrected chi connectivity index (χ4v) is 9.19. The molecule has 1 aliphatic carbocycles. The number of aliphatic hydroxyl groups excluding tert-OH is 2. The molecule has 2 atom stereocenters. The predicted octanol–water partition coefficient (Wildman–Crippen LogP) is 6.88. The van der Waals surface area contributed by atoms with E-state index < -0.39 is 24.0 Å². The van der Waals surface area contributed by atoms with Crippen LogP contribution in [0.2, 0.25) is 0 Å². The molecular weight excluding hydrogens is 659 g/mol. The fraction of sp³-hybridized carbons (Fsp3) is 0.364. The smallest absolute Gasteiger partial charge is 0.0728 e. The molecule has 53 heavy (non-hydrogen) atoms. The van der Waals surface area contributed by atoms with Crippen molar-refractivity contribution >= 4 is 82.9 Å². The molecule has 4 N–H and O–H groups in total. The van der Waals surface area contributed by atoms with Gasteiger partial charge in [0.15, 0.2) is 0 Å². The first-order valence-corrected chi connectivity index (χ1v) is 18.3. The molecule has 9 nitrogen and oxygen atoms in total. The van der Waals surface area contributed by atoms with E-state index in [0.29, 0.717) is 5.69 Å². The van der Waals surface area contributed by atoms with E-state index in [2.05, 4.69) is 161 Å². The van der Waals surface area contributed by atoms with E-state index in [0.717, 1.165) is 88.3 Å². The number of benzene rings is 6. The fourth-order valence-electron chi connectivity index (χ4n) is 9.19. The molecular formula is C44H55N7O2. The number of hydrogen-bond acceptors (Lipinski definition) is 9. The van der Waals surface area contributed by atoms with Crippen molar-refractivity contribution in [3.8, 4) is 0 Å². The van der Waals surface area contributed by atoms with E-state index in [-0.39, 0.29) is 0 Å². The van der Waals surface area contributed by atoms with Gasteiger partial charge in [0.25, 0.3) is 0 Å². The Morgan fingerprint density at radius 2 is 0.736 bits per heavy atom. The van der Waals surface area contributed by atoms with Gasteiger partial charge in [0, 0.05) is 152 Å². The summed E-state index contributed by atoms with van der Waals surface area (Å²) < 4.78 is 0. The molecule has 2 unspecified atom stereocenters. The topological polar surface area (TPSA) is 85.9 Å². The lowest BCUT2D eigenvalue weighted by Gasteiger charge is -2.49. The van der Waals surface area contributed by atoms with E-state index in [4.69, 9.17) is 5.73 Å². The Hall–Kier alpha value is -5.12. The van der Waals surface area contributed by atoms with E-state index in [1.807, 2.05) is 20.2 Å². The van der Waals surface area contributed by atoms with E-state index in [1.54, 1.807) is 0 Å². The maximum absolute atomic E-state index is 12.8. The summed E-state index contributed by atoms with van der Waals surface area (Å²) in [5.41, 5.74) is 15.9. The maximum Gasteiger partial charge on any atom is 0.0728 e. The zero-order valence-electron chi connectivity index (χ0n) is 33.3. The summed E-state index contributed by atoms with van der Waals surface area (Å²) in [6.45, 7) is 0. The molecule has 0 amide bonds. The first kappa shape index (κ1) is 36.2. The molecule has 278 valence electrons. The molecule has 0 heterocycles. The number of fused-ring (bicyclic) bond motifs is 4. The number of nitrogens with zero attached hydrogens (tertiary/aromatic N) is 6. The Balaban J connectivity index is 1.59. The van der Waals surface area contributed by atoms with Crippen LogP contribution in [0.25, 0.3) is 43.1 Å². The van der Waals surface area contributed by atoms with Crippen LogP contribution in [0.15, 0.2) is 66.7 Å². The van der Waals surface area contributed by atoms with Crippen LogP contribution in [0.1, 0.15) is 23.0 Å². The van der Waals surface area contributed by atoms with Crippen LogP contribution in [0.5, 0.6) is 0 Å². The van der Waals surface area contributed by atoms with Crippen molar-refractivity contribution in [2.45, 2.75) is 24.0 Å². The van der Waals surface area contributed by atoms with Gasteiger partial charge in [-0.15, -0.1) is 0 Å². The summed E-state index contributed by atoms with van der Waals surface area (Å²) in [5.74, 6) is -1.14. The number of hydrogen-bond donors (Lipinski definition) is 3. The SMILES string of the molecule is CN(C)c1cccc2c(C3C(O)C(c4c5cccc(N(C)C)c5c(N(C)C)c5c(N(C)C)ccc(N)c45)C3O)c3cccc(N(C)C)c3c(N(C)C)c12. The maximum atomic E-state index is 12.8. The summed E-state index contributed by atoms with van der Waals surface area (Å²) in [4.78, 5) is 12.9. The first-order valence-electron chi connectivity index (χ1n) is 18.3. The quantitative estimate of drug-likeness (QED) is 0.116. The van der Waals surface area contributed by atoms with Crippen LogP contribution in [-0.4, -0.2) is 107 Å². The van der Waals surface area contributed by atoms with Gasteiger partial charge in [0.1, 0.15) is 0 Å². The highest BCUT2D eigenvalue weighted by atomic mass is 16.3. The summed E-state index contributed by atoms with van der Waals surface area (Å²) in [7, 11) is 24.8. The van der Waals surface area contributed by atoms with Gasteiger partial charge in [-0.2, -0.15) is 0 Å². The lowest BCUT2D eigenvalue weighted by Crippen LogP contribution is -2.52. The van der Waals surface area contributed by atoms with Gasteiger partial charge in [0.05, 0.1) is 23.6 Å². The summed E-state index contributed by atoms with van der Waals surface area (Å²) in [5, 5.41) is 33.8. The van der Waals surface area contributed by atoms with Crippen LogP contribution in [-0.2, 0) is 0 Å². The van der Waals surface area contributed by atoms with Gasteiger partial charge in [-0.1, -0.05) is 36.4 Å². The first-order chi connectivity index (χ1) is 25.1. The van der Waals surface area contributed by atoms with Gasteiger partial charge in [-0.25, -0.2) is 0 Å². The molecule has 9 heteroatoms. The number of nitrogen functional groups attached to an aromatic ring is 1. The molecule has 1 aliphatic rings. The normalized spacial score (nSPS) is 18.5. The molecule has 0 aliphatic heterocycles. The second-order valence-corrected chi connectivity index (χ2v) is 15.9. The van der Waals surface area contributed by atoms with Gasteiger partial charge in [0.2, 0.25) is 0 Å². The van der Waals surface area contributed by atoms with E-state index in [9.17, 15) is 10.2 Å². The minimum atomic E-state index is -0.894. The van der Waals surface area contributed by atoms with Gasteiger partial charge < -0.3 is 45.3 Å². The van der Waals surface area contributed by atoms with E-state index >= 15 is 0 Å². The number of nitrogens with two attached hydrogens (primary N) is 1. The number of anilines is 7. The van der Waals surface area contributed by atoms with Crippen LogP contribution >= 0.6 is 0 Å². The highest BCUT2D eigenvalue weighted by molar-refractivity contribution is 6.25. The summed E-state index contributed by atoms with van der Waals surface area (Å²) in [6.07, 6.45) is -1.79. The largest absolute Gasteiger partial charge is 0.398 e. The average molecular weight is 714 g/mol. The minimum absolute atomic E-state index is 0.551. The van der Waals surface area contributed by atoms with Crippen molar-refractivity contribution in [3.05, 3.63) is 77.9 Å². The minimum Gasteiger partial charge on any atom is -0.398 e. The zero-order chi connectivity index (χ0) is 38.4.